The lowest BCUT2D eigenvalue weighted by atomic mass is 10.0. The van der Waals surface area contributed by atoms with Crippen molar-refractivity contribution in [3.05, 3.63) is 53.9 Å². The topological polar surface area (TPSA) is 106 Å². The maximum absolute atomic E-state index is 14.7. The van der Waals surface area contributed by atoms with Gasteiger partial charge in [-0.25, -0.2) is 14.4 Å². The number of benzene rings is 1. The number of aromatic nitrogens is 4. The normalized spacial score (nSPS) is 21.5. The van der Waals surface area contributed by atoms with E-state index in [-0.39, 0.29) is 11.7 Å². The van der Waals surface area contributed by atoms with Crippen molar-refractivity contribution in [1.29, 1.82) is 0 Å². The molecule has 2 fully saturated rings. The molecule has 6 rings (SSSR count). The van der Waals surface area contributed by atoms with Gasteiger partial charge in [-0.2, -0.15) is 4.98 Å². The Labute approximate surface area is 225 Å². The summed E-state index contributed by atoms with van der Waals surface area (Å²) in [6, 6.07) is 5.80. The van der Waals surface area contributed by atoms with Gasteiger partial charge in [-0.05, 0) is 39.3 Å². The smallest absolute Gasteiger partial charge is 0.316 e. The van der Waals surface area contributed by atoms with Gasteiger partial charge in [0.05, 0.1) is 35.7 Å². The van der Waals surface area contributed by atoms with E-state index >= 15 is 0 Å². The van der Waals surface area contributed by atoms with E-state index in [1.807, 2.05) is 6.07 Å². The van der Waals surface area contributed by atoms with Crippen molar-refractivity contribution in [2.75, 3.05) is 43.1 Å². The molecule has 0 aliphatic carbocycles. The standard InChI is InChI=1S/C28H32FN7O3/c1-16-10-35(11-17(2)31-16)24-5-4-21(25-22(24)9-30-28(34-25)39-15-19-6-7-38-14-19)27(37)33-20-8-23(29)26-32-18(3)12-36(26)13-20/h4-5,8-9,12-13,16-17,19,31H,6-7,10-11,14-15H2,1-3H3,(H,33,37)/t16-,17-,19?/m0/s1. The Morgan fingerprint density at radius 3 is 2.82 bits per heavy atom. The molecule has 4 aromatic rings. The molecule has 3 atom stereocenters. The summed E-state index contributed by atoms with van der Waals surface area (Å²) in [5.74, 6) is -0.631. The molecule has 5 heterocycles. The number of fused-ring (bicyclic) bond motifs is 2. The molecule has 3 aromatic heterocycles. The lowest BCUT2D eigenvalue weighted by Gasteiger charge is -2.38. The number of imidazole rings is 1. The van der Waals surface area contributed by atoms with Gasteiger partial charge in [-0.3, -0.25) is 4.79 Å². The number of anilines is 2. The zero-order valence-electron chi connectivity index (χ0n) is 22.3. The number of piperazine rings is 1. The van der Waals surface area contributed by atoms with E-state index in [9.17, 15) is 9.18 Å². The van der Waals surface area contributed by atoms with E-state index in [0.29, 0.717) is 53.7 Å². The summed E-state index contributed by atoms with van der Waals surface area (Å²) in [4.78, 5) is 29.2. The third-order valence-corrected chi connectivity index (χ3v) is 7.21. The number of ether oxygens (including phenoxy) is 2. The van der Waals surface area contributed by atoms with Crippen LogP contribution in [-0.4, -0.2) is 70.3 Å². The summed E-state index contributed by atoms with van der Waals surface area (Å²) < 4.78 is 27.6. The van der Waals surface area contributed by atoms with Crippen molar-refractivity contribution in [3.8, 4) is 6.01 Å². The molecule has 0 saturated carbocycles. The van der Waals surface area contributed by atoms with Crippen LogP contribution in [0.15, 0.2) is 36.8 Å². The first kappa shape index (κ1) is 25.4. The van der Waals surface area contributed by atoms with Crippen molar-refractivity contribution in [1.82, 2.24) is 24.7 Å². The number of hydrogen-bond donors (Lipinski definition) is 2. The predicted molar refractivity (Wildman–Crippen MR) is 146 cm³/mol. The molecule has 2 aliphatic rings. The number of carbonyl (C=O) groups is 1. The minimum atomic E-state index is -0.517. The van der Waals surface area contributed by atoms with Gasteiger partial charge in [0.15, 0.2) is 11.5 Å². The largest absolute Gasteiger partial charge is 0.463 e. The van der Waals surface area contributed by atoms with Gasteiger partial charge in [0, 0.05) is 73.4 Å². The van der Waals surface area contributed by atoms with Crippen LogP contribution in [0.4, 0.5) is 15.8 Å². The van der Waals surface area contributed by atoms with Gasteiger partial charge < -0.3 is 29.4 Å². The first-order valence-electron chi connectivity index (χ1n) is 13.3. The lowest BCUT2D eigenvalue weighted by molar-refractivity contribution is 0.102. The average molecular weight is 534 g/mol. The Kier molecular flexibility index (Phi) is 6.78. The highest BCUT2D eigenvalue weighted by atomic mass is 19.1. The average Bonchev–Trinajstić information content (AvgIpc) is 3.55. The highest BCUT2D eigenvalue weighted by Crippen LogP contribution is 2.31. The lowest BCUT2D eigenvalue weighted by Crippen LogP contribution is -2.54. The summed E-state index contributed by atoms with van der Waals surface area (Å²) in [5.41, 5.74) is 3.00. The zero-order valence-corrected chi connectivity index (χ0v) is 22.3. The summed E-state index contributed by atoms with van der Waals surface area (Å²) in [6.45, 7) is 9.55. The number of nitrogens with zero attached hydrogens (tertiary/aromatic N) is 5. The van der Waals surface area contributed by atoms with Crippen LogP contribution >= 0.6 is 0 Å². The fourth-order valence-electron chi connectivity index (χ4n) is 5.49. The van der Waals surface area contributed by atoms with Crippen LogP contribution in [0.25, 0.3) is 16.6 Å². The second-order valence-electron chi connectivity index (χ2n) is 10.6. The maximum Gasteiger partial charge on any atom is 0.316 e. The molecule has 2 aliphatic heterocycles. The molecule has 2 N–H and O–H groups in total. The monoisotopic (exact) mass is 533 g/mol. The summed E-state index contributed by atoms with van der Waals surface area (Å²) in [6.07, 6.45) is 6.01. The van der Waals surface area contributed by atoms with Gasteiger partial charge in [0.2, 0.25) is 0 Å². The third-order valence-electron chi connectivity index (χ3n) is 7.21. The summed E-state index contributed by atoms with van der Waals surface area (Å²) >= 11 is 0. The Balaban J connectivity index is 1.36. The fourth-order valence-corrected chi connectivity index (χ4v) is 5.49. The molecule has 1 unspecified atom stereocenters. The maximum atomic E-state index is 14.7. The second-order valence-corrected chi connectivity index (χ2v) is 10.6. The number of carbonyl (C=O) groups excluding carboxylic acids is 1. The van der Waals surface area contributed by atoms with Crippen LogP contribution in [0.3, 0.4) is 0 Å². The fraction of sp³-hybridized carbons (Fsp3) is 0.429. The molecular formula is C28H32FN7O3. The first-order chi connectivity index (χ1) is 18.8. The minimum absolute atomic E-state index is 0.210. The van der Waals surface area contributed by atoms with Crippen LogP contribution in [-0.2, 0) is 4.74 Å². The van der Waals surface area contributed by atoms with E-state index in [2.05, 4.69) is 39.3 Å². The van der Waals surface area contributed by atoms with Crippen LogP contribution in [0, 0.1) is 18.7 Å². The number of hydrogen-bond acceptors (Lipinski definition) is 8. The summed E-state index contributed by atoms with van der Waals surface area (Å²) in [7, 11) is 0. The summed E-state index contributed by atoms with van der Waals surface area (Å²) in [5, 5.41) is 7.14. The first-order valence-corrected chi connectivity index (χ1v) is 13.3. The van der Waals surface area contributed by atoms with Crippen LogP contribution in [0.5, 0.6) is 6.01 Å². The quantitative estimate of drug-likeness (QED) is 0.388. The minimum Gasteiger partial charge on any atom is -0.463 e. The van der Waals surface area contributed by atoms with Crippen LogP contribution in [0.2, 0.25) is 0 Å². The van der Waals surface area contributed by atoms with Crippen molar-refractivity contribution in [3.63, 3.8) is 0 Å². The third kappa shape index (κ3) is 5.24. The van der Waals surface area contributed by atoms with Crippen molar-refractivity contribution in [2.24, 2.45) is 5.92 Å². The number of rotatable bonds is 6. The molecule has 39 heavy (non-hydrogen) atoms. The highest BCUT2D eigenvalue weighted by Gasteiger charge is 2.25. The molecule has 2 saturated heterocycles. The molecule has 1 aromatic carbocycles. The number of amides is 1. The van der Waals surface area contributed by atoms with E-state index in [1.165, 1.54) is 6.07 Å². The molecule has 1 amide bonds. The SMILES string of the molecule is Cc1cn2cc(NC(=O)c3ccc(N4C[C@H](C)N[C@@H](C)C4)c4cnc(OCC5CCOC5)nc34)cc(F)c2n1. The van der Waals surface area contributed by atoms with Gasteiger partial charge in [-0.1, -0.05) is 0 Å². The Morgan fingerprint density at radius 2 is 2.05 bits per heavy atom. The van der Waals surface area contributed by atoms with Crippen LogP contribution < -0.4 is 20.3 Å². The van der Waals surface area contributed by atoms with E-state index in [0.717, 1.165) is 37.2 Å². The Hall–Kier alpha value is -3.83. The van der Waals surface area contributed by atoms with Gasteiger partial charge >= 0.3 is 6.01 Å². The molecule has 0 bridgehead atoms. The van der Waals surface area contributed by atoms with Crippen molar-refractivity contribution < 1.29 is 18.7 Å². The van der Waals surface area contributed by atoms with Crippen LogP contribution in [0.1, 0.15) is 36.3 Å². The molecule has 0 spiro atoms. The second kappa shape index (κ2) is 10.4. The zero-order chi connectivity index (χ0) is 27.1. The predicted octanol–water partition coefficient (Wildman–Crippen LogP) is 3.58. The van der Waals surface area contributed by atoms with Gasteiger partial charge in [0.25, 0.3) is 5.91 Å². The van der Waals surface area contributed by atoms with Gasteiger partial charge in [0.1, 0.15) is 0 Å². The van der Waals surface area contributed by atoms with E-state index in [1.54, 1.807) is 36.0 Å². The number of halogens is 1. The van der Waals surface area contributed by atoms with Gasteiger partial charge in [-0.15, -0.1) is 0 Å². The number of pyridine rings is 1. The molecule has 11 heteroatoms. The Morgan fingerprint density at radius 1 is 1.23 bits per heavy atom. The van der Waals surface area contributed by atoms with Crippen molar-refractivity contribution in [2.45, 2.75) is 39.3 Å². The van der Waals surface area contributed by atoms with E-state index in [4.69, 9.17) is 14.5 Å². The number of aryl methyl sites for hydroxylation is 1. The molecule has 0 radical (unpaired) electrons. The molecule has 10 nitrogen and oxygen atoms in total. The highest BCUT2D eigenvalue weighted by molar-refractivity contribution is 6.13. The number of nitrogens with one attached hydrogen (secondary N) is 2. The van der Waals surface area contributed by atoms with Crippen molar-refractivity contribution >= 4 is 33.8 Å². The molecular weight excluding hydrogens is 501 g/mol. The Bertz CT molecular complexity index is 1520. The van der Waals surface area contributed by atoms with E-state index < -0.39 is 11.7 Å². The molecule has 204 valence electrons.